The zero-order chi connectivity index (χ0) is 28.1. The number of nitrogens with zero attached hydrogens (tertiary/aromatic N) is 4. The quantitative estimate of drug-likeness (QED) is 0.144. The summed E-state index contributed by atoms with van der Waals surface area (Å²) in [4.78, 5) is 39.7. The van der Waals surface area contributed by atoms with Gasteiger partial charge >= 0.3 is 11.9 Å². The number of hydrogen-bond acceptors (Lipinski definition) is 12. The smallest absolute Gasteiger partial charge is 0.343 e. The Bertz CT molecular complexity index is 1250. The number of benzene rings is 1. The number of methoxy groups -OCH3 is 1. The number of hydrogen-bond donors (Lipinski definition) is 1. The number of nitrogens with one attached hydrogen (secondary N) is 1. The summed E-state index contributed by atoms with van der Waals surface area (Å²) in [6.45, 7) is 6.62. The van der Waals surface area contributed by atoms with Gasteiger partial charge in [-0.15, -0.1) is 0 Å². The average molecular weight is 580 g/mol. The van der Waals surface area contributed by atoms with E-state index in [1.54, 1.807) is 21.0 Å². The first-order valence-corrected chi connectivity index (χ1v) is 14.3. The molecule has 0 radical (unpaired) electrons. The molecule has 0 aliphatic rings. The molecule has 13 heteroatoms. The number of thioether (sulfide) groups is 2. The lowest BCUT2D eigenvalue weighted by Crippen LogP contribution is -2.12. The molecular formula is C25H30ClN5O5S2. The lowest BCUT2D eigenvalue weighted by molar-refractivity contribution is 0.0516. The molecule has 10 nitrogen and oxygen atoms in total. The van der Waals surface area contributed by atoms with E-state index in [2.05, 4.69) is 25.3 Å². The average Bonchev–Trinajstić information content (AvgIpc) is 2.92. The highest BCUT2D eigenvalue weighted by molar-refractivity contribution is 7.98. The summed E-state index contributed by atoms with van der Waals surface area (Å²) in [5, 5.41) is 4.45. The number of aromatic nitrogens is 4. The fourth-order valence-corrected chi connectivity index (χ4v) is 3.92. The zero-order valence-electron chi connectivity index (χ0n) is 22.0. The Hall–Kier alpha value is -3.09. The molecule has 1 aromatic carbocycles. The third kappa shape index (κ3) is 9.03. The van der Waals surface area contributed by atoms with Crippen LogP contribution in [0, 0.1) is 6.92 Å². The summed E-state index contributed by atoms with van der Waals surface area (Å²) in [5.74, 6) is 0.391. The number of rotatable bonds is 10. The van der Waals surface area contributed by atoms with E-state index in [0.717, 1.165) is 16.9 Å². The minimum atomic E-state index is -0.495. The van der Waals surface area contributed by atoms with Gasteiger partial charge in [-0.3, -0.25) is 0 Å². The molecule has 0 bridgehead atoms. The number of ether oxygens (including phenoxy) is 3. The molecule has 0 saturated carbocycles. The van der Waals surface area contributed by atoms with Crippen LogP contribution in [0.1, 0.15) is 45.7 Å². The van der Waals surface area contributed by atoms with Gasteiger partial charge in [0.15, 0.2) is 10.3 Å². The van der Waals surface area contributed by atoms with Crippen molar-refractivity contribution in [3.05, 3.63) is 58.0 Å². The van der Waals surface area contributed by atoms with E-state index in [9.17, 15) is 9.59 Å². The summed E-state index contributed by atoms with van der Waals surface area (Å²) >= 11 is 8.55. The van der Waals surface area contributed by atoms with Crippen LogP contribution in [0.4, 0.5) is 5.82 Å². The van der Waals surface area contributed by atoms with Crippen molar-refractivity contribution < 1.29 is 23.8 Å². The fraction of sp³-hybridized carbons (Fsp3) is 0.360. The SMILES string of the molecule is CCOC(=O)c1cnc(SC)nc1Cl.CCOC(=O)c1cnc(SC)nc1NCc1ccc(OC)c(C)c1. The molecule has 0 amide bonds. The van der Waals surface area contributed by atoms with Gasteiger partial charge in [-0.05, 0) is 50.5 Å². The molecule has 3 aromatic rings. The summed E-state index contributed by atoms with van der Waals surface area (Å²) in [5.41, 5.74) is 2.65. The molecule has 0 unspecified atom stereocenters. The second kappa shape index (κ2) is 16.0. The Balaban J connectivity index is 0.000000308. The highest BCUT2D eigenvalue weighted by atomic mass is 35.5. The Morgan fingerprint density at radius 3 is 2.05 bits per heavy atom. The summed E-state index contributed by atoms with van der Waals surface area (Å²) in [6, 6.07) is 5.93. The van der Waals surface area contributed by atoms with E-state index >= 15 is 0 Å². The van der Waals surface area contributed by atoms with Crippen LogP contribution in [0.3, 0.4) is 0 Å². The molecule has 1 N–H and O–H groups in total. The van der Waals surface area contributed by atoms with E-state index < -0.39 is 11.9 Å². The number of halogens is 1. The van der Waals surface area contributed by atoms with Crippen LogP contribution < -0.4 is 10.1 Å². The van der Waals surface area contributed by atoms with Crippen molar-refractivity contribution >= 4 is 52.9 Å². The predicted octanol–water partition coefficient (Wildman–Crippen LogP) is 5.33. The summed E-state index contributed by atoms with van der Waals surface area (Å²) in [6.07, 6.45) is 6.59. The number of esters is 2. The van der Waals surface area contributed by atoms with Crippen LogP contribution in [0.2, 0.25) is 5.15 Å². The molecule has 2 heterocycles. The molecule has 0 aliphatic heterocycles. The zero-order valence-corrected chi connectivity index (χ0v) is 24.4. The van der Waals surface area contributed by atoms with Crippen molar-refractivity contribution in [1.29, 1.82) is 0 Å². The van der Waals surface area contributed by atoms with Gasteiger partial charge in [0, 0.05) is 18.9 Å². The van der Waals surface area contributed by atoms with E-state index in [0.29, 0.717) is 41.5 Å². The number of anilines is 1. The number of carbonyl (C=O) groups is 2. The van der Waals surface area contributed by atoms with Crippen LogP contribution in [0.25, 0.3) is 0 Å². The second-order valence-electron chi connectivity index (χ2n) is 7.28. The first-order chi connectivity index (χ1) is 18.3. The molecule has 0 fully saturated rings. The molecule has 2 aromatic heterocycles. The Morgan fingerprint density at radius 2 is 1.53 bits per heavy atom. The molecule has 0 spiro atoms. The Labute approximate surface area is 235 Å². The van der Waals surface area contributed by atoms with Gasteiger partial charge in [0.25, 0.3) is 0 Å². The predicted molar refractivity (Wildman–Crippen MR) is 150 cm³/mol. The standard InChI is InChI=1S/C17H21N3O3S.C8H9ClN2O2S/c1-5-23-16(21)13-10-19-17(24-4)20-15(13)18-9-12-6-7-14(22-3)11(2)8-12;1-3-13-7(12)5-4-10-8(14-2)11-6(5)9/h6-8,10H,5,9H2,1-4H3,(H,18,19,20);4H,3H2,1-2H3. The van der Waals surface area contributed by atoms with Gasteiger partial charge in [-0.2, -0.15) is 0 Å². The first-order valence-electron chi connectivity index (χ1n) is 11.5. The van der Waals surface area contributed by atoms with Gasteiger partial charge < -0.3 is 19.5 Å². The molecule has 0 atom stereocenters. The fourth-order valence-electron chi connectivity index (χ4n) is 2.98. The van der Waals surface area contributed by atoms with Gasteiger partial charge in [0.1, 0.15) is 27.8 Å². The molecule has 0 saturated heterocycles. The molecule has 3 rings (SSSR count). The van der Waals surface area contributed by atoms with Crippen LogP contribution >= 0.6 is 35.1 Å². The Kier molecular flexibility index (Phi) is 13.1. The van der Waals surface area contributed by atoms with E-state index in [-0.39, 0.29) is 10.7 Å². The van der Waals surface area contributed by atoms with Crippen molar-refractivity contribution in [2.45, 2.75) is 37.6 Å². The van der Waals surface area contributed by atoms with Crippen LogP contribution in [0.5, 0.6) is 5.75 Å². The third-order valence-corrected chi connectivity index (χ3v) is 6.17. The normalized spacial score (nSPS) is 10.2. The maximum absolute atomic E-state index is 12.0. The monoisotopic (exact) mass is 579 g/mol. The van der Waals surface area contributed by atoms with Crippen molar-refractivity contribution in [2.75, 3.05) is 38.2 Å². The van der Waals surface area contributed by atoms with Crippen LogP contribution in [-0.2, 0) is 16.0 Å². The summed E-state index contributed by atoms with van der Waals surface area (Å²) in [7, 11) is 1.65. The maximum atomic E-state index is 12.0. The highest BCUT2D eigenvalue weighted by Gasteiger charge is 2.16. The lowest BCUT2D eigenvalue weighted by Gasteiger charge is -2.12. The molecule has 204 valence electrons. The molecular weight excluding hydrogens is 550 g/mol. The van der Waals surface area contributed by atoms with Crippen LogP contribution in [0.15, 0.2) is 40.9 Å². The van der Waals surface area contributed by atoms with E-state index in [1.165, 1.54) is 35.9 Å². The lowest BCUT2D eigenvalue weighted by atomic mass is 10.1. The van der Waals surface area contributed by atoms with Crippen molar-refractivity contribution in [3.63, 3.8) is 0 Å². The molecule has 0 aliphatic carbocycles. The van der Waals surface area contributed by atoms with Crippen molar-refractivity contribution in [3.8, 4) is 5.75 Å². The topological polar surface area (TPSA) is 125 Å². The van der Waals surface area contributed by atoms with Gasteiger partial charge in [0.05, 0.1) is 20.3 Å². The van der Waals surface area contributed by atoms with E-state index in [4.69, 9.17) is 25.8 Å². The molecule has 38 heavy (non-hydrogen) atoms. The van der Waals surface area contributed by atoms with Crippen molar-refractivity contribution in [2.24, 2.45) is 0 Å². The second-order valence-corrected chi connectivity index (χ2v) is 9.18. The summed E-state index contributed by atoms with van der Waals surface area (Å²) < 4.78 is 15.1. The van der Waals surface area contributed by atoms with Gasteiger partial charge in [-0.25, -0.2) is 29.5 Å². The van der Waals surface area contributed by atoms with Crippen molar-refractivity contribution in [1.82, 2.24) is 19.9 Å². The largest absolute Gasteiger partial charge is 0.496 e. The van der Waals surface area contributed by atoms with Crippen LogP contribution in [-0.4, -0.2) is 64.7 Å². The highest BCUT2D eigenvalue weighted by Crippen LogP contribution is 2.21. The minimum absolute atomic E-state index is 0.128. The first kappa shape index (κ1) is 31.1. The maximum Gasteiger partial charge on any atom is 0.343 e. The third-order valence-electron chi connectivity index (χ3n) is 4.76. The van der Waals surface area contributed by atoms with Gasteiger partial charge in [0.2, 0.25) is 0 Å². The Morgan fingerprint density at radius 1 is 0.947 bits per heavy atom. The van der Waals surface area contributed by atoms with Gasteiger partial charge in [-0.1, -0.05) is 47.3 Å². The number of carbonyl (C=O) groups excluding carboxylic acids is 2. The number of aryl methyl sites for hydroxylation is 1. The minimum Gasteiger partial charge on any atom is -0.496 e. The van der Waals surface area contributed by atoms with E-state index in [1.807, 2.05) is 37.6 Å².